The van der Waals surface area contributed by atoms with Gasteiger partial charge in [-0.25, -0.2) is 0 Å². The first-order valence-electron chi connectivity index (χ1n) is 7.88. The Bertz CT molecular complexity index is 499. The lowest BCUT2D eigenvalue weighted by atomic mass is 9.80. The van der Waals surface area contributed by atoms with E-state index < -0.39 is 0 Å². The summed E-state index contributed by atoms with van der Waals surface area (Å²) in [5, 5.41) is 38.7. The van der Waals surface area contributed by atoms with Gasteiger partial charge in [-0.1, -0.05) is 6.07 Å². The van der Waals surface area contributed by atoms with E-state index in [1.165, 1.54) is 17.2 Å². The number of nitrogens with zero attached hydrogens (tertiary/aromatic N) is 1. The zero-order chi connectivity index (χ0) is 17.8. The highest BCUT2D eigenvalue weighted by Crippen LogP contribution is 2.36. The number of piperidine rings is 1. The third kappa shape index (κ3) is 5.35. The Labute approximate surface area is 138 Å². The maximum atomic E-state index is 9.80. The molecular weight excluding hydrogens is 296 g/mol. The number of benzene rings is 1. The topological polar surface area (TPSA) is 110 Å². The van der Waals surface area contributed by atoms with Crippen LogP contribution in [0.2, 0.25) is 0 Å². The lowest BCUT2D eigenvalue weighted by Crippen LogP contribution is -2.60. The molecule has 132 valence electrons. The lowest BCUT2D eigenvalue weighted by molar-refractivity contribution is -0.257. The summed E-state index contributed by atoms with van der Waals surface area (Å²) in [5.74, 6) is -0.179. The number of hydrogen-bond donors (Lipinski definition) is 5. The van der Waals surface area contributed by atoms with Crippen molar-refractivity contribution in [3.8, 4) is 11.5 Å². The van der Waals surface area contributed by atoms with E-state index in [4.69, 9.17) is 15.9 Å². The Balaban J connectivity index is 0.000000231. The molecule has 0 radical (unpaired) electrons. The van der Waals surface area contributed by atoms with Crippen LogP contribution in [0.1, 0.15) is 46.1 Å². The van der Waals surface area contributed by atoms with Gasteiger partial charge in [0.2, 0.25) is 0 Å². The molecule has 2 rings (SSSR count). The molecule has 6 N–H and O–H groups in total. The Morgan fingerprint density at radius 1 is 1.09 bits per heavy atom. The van der Waals surface area contributed by atoms with Crippen molar-refractivity contribution in [3.63, 3.8) is 0 Å². The van der Waals surface area contributed by atoms with Crippen LogP contribution in [0.4, 0.5) is 0 Å². The Morgan fingerprint density at radius 3 is 2.04 bits per heavy atom. The first-order chi connectivity index (χ1) is 10.5. The number of hydrogen-bond acceptors (Lipinski definition) is 6. The molecule has 0 unspecified atom stereocenters. The second-order valence-corrected chi connectivity index (χ2v) is 7.36. The number of rotatable bonds is 2. The molecule has 1 fully saturated rings. The van der Waals surface area contributed by atoms with Gasteiger partial charge in [0.1, 0.15) is 0 Å². The number of hydroxylamine groups is 2. The van der Waals surface area contributed by atoms with Gasteiger partial charge in [0.05, 0.1) is 6.10 Å². The summed E-state index contributed by atoms with van der Waals surface area (Å²) in [7, 11) is 0. The van der Waals surface area contributed by atoms with Gasteiger partial charge in [-0.15, -0.1) is 0 Å². The van der Waals surface area contributed by atoms with Gasteiger partial charge >= 0.3 is 0 Å². The maximum Gasteiger partial charge on any atom is 0.157 e. The summed E-state index contributed by atoms with van der Waals surface area (Å²) < 4.78 is 0. The van der Waals surface area contributed by atoms with Gasteiger partial charge in [-0.3, -0.25) is 0 Å². The molecule has 6 nitrogen and oxygen atoms in total. The molecule has 0 atom stereocenters. The van der Waals surface area contributed by atoms with Crippen LogP contribution in [0.15, 0.2) is 18.2 Å². The van der Waals surface area contributed by atoms with Crippen molar-refractivity contribution < 1.29 is 20.5 Å². The minimum absolute atomic E-state index is 0.0871. The predicted octanol–water partition coefficient (Wildman–Crippen LogP) is 1.99. The van der Waals surface area contributed by atoms with Gasteiger partial charge in [0, 0.05) is 11.1 Å². The van der Waals surface area contributed by atoms with Crippen LogP contribution >= 0.6 is 0 Å². The molecule has 1 aliphatic rings. The van der Waals surface area contributed by atoms with Gasteiger partial charge < -0.3 is 26.3 Å². The van der Waals surface area contributed by atoms with Crippen LogP contribution in [0, 0.1) is 0 Å². The molecule has 6 heteroatoms. The average Bonchev–Trinajstić information content (AvgIpc) is 2.40. The van der Waals surface area contributed by atoms with Crippen LogP contribution in [-0.2, 0) is 6.42 Å². The van der Waals surface area contributed by atoms with Crippen molar-refractivity contribution in [2.24, 2.45) is 5.73 Å². The van der Waals surface area contributed by atoms with E-state index in [0.29, 0.717) is 25.8 Å². The van der Waals surface area contributed by atoms with Gasteiger partial charge in [0.15, 0.2) is 11.5 Å². The van der Waals surface area contributed by atoms with Crippen molar-refractivity contribution in [3.05, 3.63) is 23.8 Å². The van der Waals surface area contributed by atoms with Crippen LogP contribution in [0.5, 0.6) is 11.5 Å². The van der Waals surface area contributed by atoms with E-state index in [-0.39, 0.29) is 28.7 Å². The Hall–Kier alpha value is -1.34. The fourth-order valence-corrected chi connectivity index (χ4v) is 3.11. The average molecular weight is 326 g/mol. The fraction of sp³-hybridized carbons (Fsp3) is 0.647. The second kappa shape index (κ2) is 7.49. The maximum absolute atomic E-state index is 9.80. The molecule has 0 aromatic heterocycles. The van der Waals surface area contributed by atoms with Crippen molar-refractivity contribution in [1.29, 1.82) is 0 Å². The van der Waals surface area contributed by atoms with E-state index in [1.54, 1.807) is 6.07 Å². The first-order valence-corrected chi connectivity index (χ1v) is 7.88. The molecule has 1 saturated heterocycles. The zero-order valence-electron chi connectivity index (χ0n) is 14.5. The van der Waals surface area contributed by atoms with Crippen molar-refractivity contribution in [1.82, 2.24) is 5.06 Å². The third-order valence-corrected chi connectivity index (χ3v) is 4.09. The molecule has 0 spiro atoms. The van der Waals surface area contributed by atoms with Gasteiger partial charge in [-0.05, 0) is 71.2 Å². The number of nitrogens with two attached hydrogens (primary N) is 1. The Kier molecular flexibility index (Phi) is 6.41. The number of aliphatic hydroxyl groups excluding tert-OH is 1. The lowest BCUT2D eigenvalue weighted by Gasteiger charge is -2.50. The van der Waals surface area contributed by atoms with Crippen LogP contribution in [0.25, 0.3) is 0 Å². The van der Waals surface area contributed by atoms with Crippen molar-refractivity contribution in [2.45, 2.75) is 64.1 Å². The highest BCUT2D eigenvalue weighted by molar-refractivity contribution is 5.40. The van der Waals surface area contributed by atoms with E-state index >= 15 is 0 Å². The molecule has 0 bridgehead atoms. The summed E-state index contributed by atoms with van der Waals surface area (Å²) in [6, 6.07) is 4.71. The molecule has 1 aromatic carbocycles. The summed E-state index contributed by atoms with van der Waals surface area (Å²) in [6.45, 7) is 8.31. The van der Waals surface area contributed by atoms with Crippen LogP contribution in [-0.4, -0.2) is 49.3 Å². The Morgan fingerprint density at radius 2 is 1.61 bits per heavy atom. The van der Waals surface area contributed by atoms with Crippen LogP contribution < -0.4 is 5.73 Å². The molecule has 1 aliphatic heterocycles. The first kappa shape index (κ1) is 19.7. The van der Waals surface area contributed by atoms with E-state index in [0.717, 1.165) is 5.56 Å². The highest BCUT2D eigenvalue weighted by Gasteiger charge is 2.44. The summed E-state index contributed by atoms with van der Waals surface area (Å²) in [5.41, 5.74) is 5.60. The number of aromatic hydroxyl groups is 2. The summed E-state index contributed by atoms with van der Waals surface area (Å²) >= 11 is 0. The van der Waals surface area contributed by atoms with Crippen molar-refractivity contribution >= 4 is 0 Å². The van der Waals surface area contributed by atoms with Gasteiger partial charge in [0.25, 0.3) is 0 Å². The quantitative estimate of drug-likeness (QED) is 0.532. The fourth-order valence-electron chi connectivity index (χ4n) is 3.11. The monoisotopic (exact) mass is 326 g/mol. The highest BCUT2D eigenvalue weighted by atomic mass is 16.5. The number of phenols is 2. The third-order valence-electron chi connectivity index (χ3n) is 4.09. The molecule has 1 heterocycles. The van der Waals surface area contributed by atoms with E-state index in [1.807, 2.05) is 27.7 Å². The summed E-state index contributed by atoms with van der Waals surface area (Å²) in [6.07, 6.45) is 1.69. The SMILES string of the molecule is CC1(C)CC(O)CC(C)(C)N1O.NCCc1ccc(O)c(O)c1. The van der Waals surface area contributed by atoms with Gasteiger partial charge in [-0.2, -0.15) is 5.06 Å². The molecule has 0 amide bonds. The van der Waals surface area contributed by atoms with E-state index in [2.05, 4.69) is 0 Å². The zero-order valence-corrected chi connectivity index (χ0v) is 14.5. The minimum Gasteiger partial charge on any atom is -0.504 e. The number of phenolic OH excluding ortho intramolecular Hbond substituents is 2. The largest absolute Gasteiger partial charge is 0.504 e. The molecule has 23 heavy (non-hydrogen) atoms. The minimum atomic E-state index is -0.318. The molecule has 0 aliphatic carbocycles. The predicted molar refractivity (Wildman–Crippen MR) is 89.6 cm³/mol. The second-order valence-electron chi connectivity index (χ2n) is 7.36. The van der Waals surface area contributed by atoms with Crippen LogP contribution in [0.3, 0.4) is 0 Å². The van der Waals surface area contributed by atoms with Crippen molar-refractivity contribution in [2.75, 3.05) is 6.54 Å². The summed E-state index contributed by atoms with van der Waals surface area (Å²) in [4.78, 5) is 0. The standard InChI is InChI=1S/C9H19NO2.C8H11NO2/c1-8(2)5-7(11)6-9(3,4)10(8)12;9-4-3-6-1-2-7(10)8(11)5-6/h7,11-12H,5-6H2,1-4H3;1-2,5,10-11H,3-4,9H2. The molecule has 1 aromatic rings. The normalized spacial score (nSPS) is 20.7. The molecular formula is C17H30N2O4. The smallest absolute Gasteiger partial charge is 0.157 e. The number of aliphatic hydroxyl groups is 1. The van der Waals surface area contributed by atoms with E-state index in [9.17, 15) is 10.3 Å². The molecule has 0 saturated carbocycles.